The monoisotopic (exact) mass is 461 g/mol. The van der Waals surface area contributed by atoms with E-state index in [9.17, 15) is 0 Å². The lowest BCUT2D eigenvalue weighted by atomic mass is 10.1. The molecule has 2 N–H and O–H groups in total. The summed E-state index contributed by atoms with van der Waals surface area (Å²) in [5.74, 6) is 0. The van der Waals surface area contributed by atoms with E-state index in [-0.39, 0.29) is 0 Å². The molecule has 0 amide bonds. The molecule has 34 heavy (non-hydrogen) atoms. The average Bonchev–Trinajstić information content (AvgIpc) is 2.89. The number of halogens is 1. The van der Waals surface area contributed by atoms with Crippen LogP contribution in [0.1, 0.15) is 0 Å². The first kappa shape index (κ1) is 21.6. The van der Waals surface area contributed by atoms with Crippen molar-refractivity contribution in [2.24, 2.45) is 0 Å². The van der Waals surface area contributed by atoms with Crippen molar-refractivity contribution in [1.29, 1.82) is 0 Å². The second-order valence-electron chi connectivity index (χ2n) is 7.88. The number of anilines is 7. The molecule has 0 heterocycles. The molecule has 0 spiro atoms. The van der Waals surface area contributed by atoms with Gasteiger partial charge in [-0.1, -0.05) is 78.3 Å². The lowest BCUT2D eigenvalue weighted by molar-refractivity contribution is 1.25. The lowest BCUT2D eigenvalue weighted by Gasteiger charge is -2.30. The van der Waals surface area contributed by atoms with Crippen molar-refractivity contribution in [3.8, 4) is 0 Å². The summed E-state index contributed by atoms with van der Waals surface area (Å²) in [5, 5.41) is 0.528. The van der Waals surface area contributed by atoms with E-state index < -0.39 is 0 Å². The predicted molar refractivity (Wildman–Crippen MR) is 145 cm³/mol. The van der Waals surface area contributed by atoms with E-state index in [4.69, 9.17) is 17.3 Å². The maximum atomic E-state index is 6.70. The normalized spacial score (nSPS) is 10.6. The topological polar surface area (TPSA) is 32.5 Å². The van der Waals surface area contributed by atoms with Crippen molar-refractivity contribution in [2.45, 2.75) is 0 Å². The molecule has 4 heteroatoms. The van der Waals surface area contributed by atoms with Gasteiger partial charge in [-0.15, -0.1) is 0 Å². The molecule has 0 radical (unpaired) electrons. The van der Waals surface area contributed by atoms with Crippen LogP contribution in [0.5, 0.6) is 0 Å². The van der Waals surface area contributed by atoms with E-state index in [1.165, 1.54) is 0 Å². The Labute approximate surface area is 205 Å². The quantitative estimate of drug-likeness (QED) is 0.256. The van der Waals surface area contributed by atoms with Crippen LogP contribution in [-0.2, 0) is 0 Å². The van der Waals surface area contributed by atoms with Crippen LogP contribution in [0.2, 0.25) is 5.02 Å². The molecule has 166 valence electrons. The first-order valence-corrected chi connectivity index (χ1v) is 11.5. The van der Waals surface area contributed by atoms with Crippen LogP contribution >= 0.6 is 11.6 Å². The summed E-state index contributed by atoms with van der Waals surface area (Å²) >= 11 is 6.70. The zero-order chi connectivity index (χ0) is 23.3. The van der Waals surface area contributed by atoms with Gasteiger partial charge in [-0.2, -0.15) is 0 Å². The van der Waals surface area contributed by atoms with Gasteiger partial charge in [0.05, 0.1) is 16.4 Å². The highest BCUT2D eigenvalue weighted by Gasteiger charge is 2.19. The molecule has 0 bridgehead atoms. The Bertz CT molecular complexity index is 1330. The maximum absolute atomic E-state index is 6.70. The average molecular weight is 462 g/mol. The number of nitrogen functional groups attached to an aromatic ring is 1. The number of nitrogens with zero attached hydrogens (tertiary/aromatic N) is 2. The van der Waals surface area contributed by atoms with Gasteiger partial charge in [0.15, 0.2) is 0 Å². The molecule has 0 aliphatic heterocycles. The summed E-state index contributed by atoms with van der Waals surface area (Å²) in [5.41, 5.74) is 12.7. The number of benzene rings is 5. The molecule has 0 aliphatic carbocycles. The SMILES string of the molecule is Nc1cccc(N(c2ccccc2)c2cccc(N(c3ccccc3)c3ccccc3)c2)c1Cl. The van der Waals surface area contributed by atoms with Gasteiger partial charge in [0, 0.05) is 28.4 Å². The fourth-order valence-corrected chi connectivity index (χ4v) is 4.30. The molecule has 5 aromatic rings. The Morgan fingerprint density at radius 2 is 0.853 bits per heavy atom. The van der Waals surface area contributed by atoms with E-state index in [1.807, 2.05) is 48.5 Å². The Balaban J connectivity index is 1.68. The zero-order valence-corrected chi connectivity index (χ0v) is 19.3. The molecule has 0 aliphatic rings. The Morgan fingerprint density at radius 1 is 0.441 bits per heavy atom. The molecule has 0 atom stereocenters. The molecular weight excluding hydrogens is 438 g/mol. The van der Waals surface area contributed by atoms with E-state index in [2.05, 4.69) is 94.7 Å². The van der Waals surface area contributed by atoms with Crippen LogP contribution in [0.4, 0.5) is 39.8 Å². The van der Waals surface area contributed by atoms with Crippen LogP contribution in [0.3, 0.4) is 0 Å². The van der Waals surface area contributed by atoms with E-state index in [0.29, 0.717) is 10.7 Å². The number of rotatable bonds is 6. The van der Waals surface area contributed by atoms with E-state index in [1.54, 1.807) is 0 Å². The van der Waals surface area contributed by atoms with Gasteiger partial charge < -0.3 is 15.5 Å². The lowest BCUT2D eigenvalue weighted by Crippen LogP contribution is -2.13. The van der Waals surface area contributed by atoms with Gasteiger partial charge in [-0.25, -0.2) is 0 Å². The third-order valence-corrected chi connectivity index (χ3v) is 6.05. The van der Waals surface area contributed by atoms with Crippen LogP contribution in [0.25, 0.3) is 0 Å². The predicted octanol–water partition coefficient (Wildman–Crippen LogP) is 8.86. The smallest absolute Gasteiger partial charge is 0.0875 e. The molecule has 0 saturated heterocycles. The molecule has 0 saturated carbocycles. The fraction of sp³-hybridized carbons (Fsp3) is 0. The Morgan fingerprint density at radius 3 is 1.38 bits per heavy atom. The zero-order valence-electron chi connectivity index (χ0n) is 18.6. The van der Waals surface area contributed by atoms with Crippen molar-refractivity contribution >= 4 is 51.4 Å². The second kappa shape index (κ2) is 9.74. The van der Waals surface area contributed by atoms with E-state index >= 15 is 0 Å². The molecule has 0 unspecified atom stereocenters. The summed E-state index contributed by atoms with van der Waals surface area (Å²) < 4.78 is 0. The van der Waals surface area contributed by atoms with Gasteiger partial charge in [0.1, 0.15) is 0 Å². The van der Waals surface area contributed by atoms with Gasteiger partial charge in [0.2, 0.25) is 0 Å². The third-order valence-electron chi connectivity index (χ3n) is 5.64. The summed E-state index contributed by atoms with van der Waals surface area (Å²) in [6.07, 6.45) is 0. The van der Waals surface area contributed by atoms with Gasteiger partial charge in [-0.3, -0.25) is 0 Å². The highest BCUT2D eigenvalue weighted by atomic mass is 35.5. The summed E-state index contributed by atoms with van der Waals surface area (Å²) in [7, 11) is 0. The van der Waals surface area contributed by atoms with Crippen molar-refractivity contribution in [1.82, 2.24) is 0 Å². The number of hydrogen-bond donors (Lipinski definition) is 1. The molecule has 0 fully saturated rings. The fourth-order valence-electron chi connectivity index (χ4n) is 4.09. The van der Waals surface area contributed by atoms with Gasteiger partial charge in [0.25, 0.3) is 0 Å². The van der Waals surface area contributed by atoms with E-state index in [0.717, 1.165) is 34.1 Å². The first-order valence-electron chi connectivity index (χ1n) is 11.1. The highest BCUT2D eigenvalue weighted by Crippen LogP contribution is 2.43. The minimum absolute atomic E-state index is 0.528. The number of hydrogen-bond acceptors (Lipinski definition) is 3. The van der Waals surface area contributed by atoms with Crippen LogP contribution in [0.15, 0.2) is 133 Å². The minimum Gasteiger partial charge on any atom is -0.397 e. The van der Waals surface area contributed by atoms with Crippen LogP contribution < -0.4 is 15.5 Å². The third kappa shape index (κ3) is 4.34. The standard InChI is InChI=1S/C30H24ClN3/c31-30-28(32)20-11-21-29(30)34(25-16-8-3-9-17-25)27-19-10-18-26(22-27)33(23-12-4-1-5-13-23)24-14-6-2-7-15-24/h1-22H,32H2. The second-order valence-corrected chi connectivity index (χ2v) is 8.26. The molecule has 5 rings (SSSR count). The Hall–Kier alpha value is -4.21. The number of nitrogens with two attached hydrogens (primary N) is 1. The largest absolute Gasteiger partial charge is 0.397 e. The van der Waals surface area contributed by atoms with Gasteiger partial charge in [-0.05, 0) is 66.7 Å². The Kier molecular flexibility index (Phi) is 6.19. The van der Waals surface area contributed by atoms with Gasteiger partial charge >= 0.3 is 0 Å². The highest BCUT2D eigenvalue weighted by molar-refractivity contribution is 6.36. The molecule has 0 aromatic heterocycles. The molecular formula is C30H24ClN3. The summed E-state index contributed by atoms with van der Waals surface area (Å²) in [4.78, 5) is 4.38. The first-order chi connectivity index (χ1) is 16.7. The van der Waals surface area contributed by atoms with Crippen molar-refractivity contribution < 1.29 is 0 Å². The summed E-state index contributed by atoms with van der Waals surface area (Å²) in [6.45, 7) is 0. The van der Waals surface area contributed by atoms with Crippen molar-refractivity contribution in [3.05, 3.63) is 138 Å². The molecule has 5 aromatic carbocycles. The van der Waals surface area contributed by atoms with Crippen molar-refractivity contribution in [3.63, 3.8) is 0 Å². The summed E-state index contributed by atoms with van der Waals surface area (Å²) in [6, 6.07) is 45.1. The van der Waals surface area contributed by atoms with Crippen LogP contribution in [-0.4, -0.2) is 0 Å². The van der Waals surface area contributed by atoms with Crippen LogP contribution in [0, 0.1) is 0 Å². The maximum Gasteiger partial charge on any atom is 0.0875 e. The van der Waals surface area contributed by atoms with Crippen molar-refractivity contribution in [2.75, 3.05) is 15.5 Å². The minimum atomic E-state index is 0.528. The number of para-hydroxylation sites is 3. The molecule has 3 nitrogen and oxygen atoms in total.